The molecule has 0 spiro atoms. The van der Waals surface area contributed by atoms with E-state index in [2.05, 4.69) is 4.98 Å². The van der Waals surface area contributed by atoms with Gasteiger partial charge in [0.25, 0.3) is 0 Å². The molecule has 0 aliphatic carbocycles. The fourth-order valence-corrected chi connectivity index (χ4v) is 1.58. The molecule has 15 heavy (non-hydrogen) atoms. The third-order valence-electron chi connectivity index (χ3n) is 2.61. The highest BCUT2D eigenvalue weighted by Gasteiger charge is 2.42. The minimum absolute atomic E-state index is 0.124. The maximum absolute atomic E-state index is 10.4. The van der Waals surface area contributed by atoms with E-state index < -0.39 is 10.5 Å². The summed E-state index contributed by atoms with van der Waals surface area (Å²) >= 11 is 0. The molecular formula is C8H11N3O4. The normalized spacial score (nSPS) is 23.6. The molecule has 2 rings (SSSR count). The van der Waals surface area contributed by atoms with Crippen molar-refractivity contribution < 1.29 is 14.8 Å². The number of hydrogen-bond acceptors (Lipinski definition) is 5. The lowest BCUT2D eigenvalue weighted by molar-refractivity contribution is -0.389. The van der Waals surface area contributed by atoms with Crippen molar-refractivity contribution >= 4 is 5.82 Å². The van der Waals surface area contributed by atoms with Crippen LogP contribution in [0.1, 0.15) is 13.3 Å². The first-order chi connectivity index (χ1) is 7.10. The lowest BCUT2D eigenvalue weighted by Crippen LogP contribution is -2.38. The molecule has 0 saturated carbocycles. The van der Waals surface area contributed by atoms with E-state index in [4.69, 9.17) is 4.74 Å². The molecule has 1 aromatic heterocycles. The average Bonchev–Trinajstić information content (AvgIpc) is 2.72. The van der Waals surface area contributed by atoms with Gasteiger partial charge in [-0.2, -0.15) is 0 Å². The molecule has 82 valence electrons. The van der Waals surface area contributed by atoms with E-state index in [1.807, 2.05) is 6.92 Å². The number of imidazole rings is 1. The molecule has 0 amide bonds. The van der Waals surface area contributed by atoms with Crippen molar-refractivity contribution in [2.45, 2.75) is 25.5 Å². The number of nitrogens with zero attached hydrogens (tertiary/aromatic N) is 3. The van der Waals surface area contributed by atoms with Gasteiger partial charge in [-0.15, -0.1) is 0 Å². The summed E-state index contributed by atoms with van der Waals surface area (Å²) in [4.78, 5) is 13.6. The van der Waals surface area contributed by atoms with Crippen molar-refractivity contribution in [1.29, 1.82) is 0 Å². The summed E-state index contributed by atoms with van der Waals surface area (Å²) < 4.78 is 6.97. The molecule has 0 aromatic carbocycles. The first-order valence-corrected chi connectivity index (χ1v) is 4.61. The third-order valence-corrected chi connectivity index (χ3v) is 2.61. The van der Waals surface area contributed by atoms with Gasteiger partial charge in [0.1, 0.15) is 6.20 Å². The predicted molar refractivity (Wildman–Crippen MR) is 49.6 cm³/mol. The largest absolute Gasteiger partial charge is 0.435 e. The lowest BCUT2D eigenvalue weighted by atomic mass is 10.0. The van der Waals surface area contributed by atoms with E-state index >= 15 is 0 Å². The van der Waals surface area contributed by atoms with Crippen LogP contribution in [0.25, 0.3) is 0 Å². The van der Waals surface area contributed by atoms with E-state index in [-0.39, 0.29) is 18.4 Å². The number of hydrogen-bond donors (Lipinski definition) is 1. The number of aliphatic hydroxyl groups is 1. The second-order valence-electron chi connectivity index (χ2n) is 3.56. The van der Waals surface area contributed by atoms with Gasteiger partial charge in [-0.3, -0.25) is 4.57 Å². The van der Waals surface area contributed by atoms with Crippen molar-refractivity contribution in [3.63, 3.8) is 0 Å². The summed E-state index contributed by atoms with van der Waals surface area (Å²) in [5.74, 6) is -0.229. The molecule has 1 aromatic rings. The fraction of sp³-hybridized carbons (Fsp3) is 0.625. The van der Waals surface area contributed by atoms with Gasteiger partial charge >= 0.3 is 11.8 Å². The molecule has 1 atom stereocenters. The molecule has 0 fully saturated rings. The van der Waals surface area contributed by atoms with Crippen LogP contribution in [0, 0.1) is 10.1 Å². The lowest BCUT2D eigenvalue weighted by Gasteiger charge is -2.22. The van der Waals surface area contributed by atoms with Gasteiger partial charge in [0.2, 0.25) is 0 Å². The van der Waals surface area contributed by atoms with Crippen LogP contribution in [0.4, 0.5) is 5.82 Å². The van der Waals surface area contributed by atoms with E-state index in [0.29, 0.717) is 13.0 Å². The first kappa shape index (κ1) is 9.91. The van der Waals surface area contributed by atoms with Crippen molar-refractivity contribution in [3.05, 3.63) is 16.3 Å². The molecule has 1 aliphatic rings. The van der Waals surface area contributed by atoms with Crippen LogP contribution in [0.5, 0.6) is 6.01 Å². The Morgan fingerprint density at radius 1 is 1.87 bits per heavy atom. The van der Waals surface area contributed by atoms with Crippen LogP contribution in [0.3, 0.4) is 0 Å². The number of aliphatic hydroxyl groups excluding tert-OH is 1. The van der Waals surface area contributed by atoms with E-state index in [0.717, 1.165) is 0 Å². The molecule has 2 heterocycles. The molecule has 1 N–H and O–H groups in total. The Morgan fingerprint density at radius 2 is 2.60 bits per heavy atom. The molecule has 7 nitrogen and oxygen atoms in total. The highest BCUT2D eigenvalue weighted by molar-refractivity contribution is 5.23. The van der Waals surface area contributed by atoms with Crippen molar-refractivity contribution in [3.8, 4) is 6.01 Å². The van der Waals surface area contributed by atoms with Crippen LogP contribution in [0.2, 0.25) is 0 Å². The molecule has 0 saturated heterocycles. The number of rotatable bonds is 3. The van der Waals surface area contributed by atoms with Crippen LogP contribution in [-0.2, 0) is 6.54 Å². The number of nitro groups is 1. The fourth-order valence-electron chi connectivity index (χ4n) is 1.58. The van der Waals surface area contributed by atoms with Gasteiger partial charge in [0, 0.05) is 4.98 Å². The van der Waals surface area contributed by atoms with Gasteiger partial charge in [0.15, 0.2) is 5.60 Å². The Labute approximate surface area is 85.4 Å². The van der Waals surface area contributed by atoms with Crippen molar-refractivity contribution in [2.24, 2.45) is 0 Å². The zero-order valence-corrected chi connectivity index (χ0v) is 8.21. The zero-order valence-electron chi connectivity index (χ0n) is 8.21. The van der Waals surface area contributed by atoms with E-state index in [1.165, 1.54) is 6.20 Å². The minimum Gasteiger partial charge on any atom is -0.435 e. The Morgan fingerprint density at radius 3 is 3.07 bits per heavy atom. The van der Waals surface area contributed by atoms with Gasteiger partial charge in [-0.25, -0.2) is 0 Å². The number of fused-ring (bicyclic) bond motifs is 1. The van der Waals surface area contributed by atoms with E-state index in [1.54, 1.807) is 4.57 Å². The number of ether oxygens (including phenoxy) is 1. The standard InChI is InChI=1S/C8H11N3O4/c1-2-8(5-12)4-10-3-6(11(13)14)9-7(10)15-8/h3,12H,2,4-5H2,1H3/t8-/m0/s1. The summed E-state index contributed by atoms with van der Waals surface area (Å²) in [7, 11) is 0. The second-order valence-corrected chi connectivity index (χ2v) is 3.56. The van der Waals surface area contributed by atoms with Crippen LogP contribution in [0.15, 0.2) is 6.20 Å². The Bertz CT molecular complexity index is 371. The monoisotopic (exact) mass is 213 g/mol. The topological polar surface area (TPSA) is 90.4 Å². The third kappa shape index (κ3) is 1.44. The van der Waals surface area contributed by atoms with Crippen LogP contribution >= 0.6 is 0 Å². The molecule has 0 radical (unpaired) electrons. The predicted octanol–water partition coefficient (Wildman–Crippen LogP) is 0.325. The van der Waals surface area contributed by atoms with Gasteiger partial charge < -0.3 is 20.0 Å². The van der Waals surface area contributed by atoms with E-state index in [9.17, 15) is 15.2 Å². The maximum atomic E-state index is 10.4. The molecule has 0 bridgehead atoms. The number of aromatic nitrogens is 2. The second kappa shape index (κ2) is 3.20. The quantitative estimate of drug-likeness (QED) is 0.577. The molecule has 1 aliphatic heterocycles. The summed E-state index contributed by atoms with van der Waals surface area (Å²) in [5.41, 5.74) is -0.669. The minimum atomic E-state index is -0.669. The first-order valence-electron chi connectivity index (χ1n) is 4.61. The van der Waals surface area contributed by atoms with Gasteiger partial charge in [-0.05, 0) is 11.3 Å². The van der Waals surface area contributed by atoms with Gasteiger partial charge in [-0.1, -0.05) is 6.92 Å². The maximum Gasteiger partial charge on any atom is 0.415 e. The summed E-state index contributed by atoms with van der Waals surface area (Å²) in [6, 6.07) is 0.206. The average molecular weight is 213 g/mol. The van der Waals surface area contributed by atoms with Crippen molar-refractivity contribution in [1.82, 2.24) is 9.55 Å². The molecular weight excluding hydrogens is 202 g/mol. The van der Waals surface area contributed by atoms with Gasteiger partial charge in [0.05, 0.1) is 13.2 Å². The zero-order chi connectivity index (χ0) is 11.1. The SMILES string of the molecule is CC[C@@]1(CO)Cn2cc([N+](=O)[O-])nc2O1. The Balaban J connectivity index is 2.26. The summed E-state index contributed by atoms with van der Waals surface area (Å²) in [5, 5.41) is 19.6. The van der Waals surface area contributed by atoms with Crippen molar-refractivity contribution in [2.75, 3.05) is 6.61 Å². The molecule has 7 heteroatoms. The highest BCUT2D eigenvalue weighted by atomic mass is 16.6. The highest BCUT2D eigenvalue weighted by Crippen LogP contribution is 2.32. The Kier molecular flexibility index (Phi) is 2.11. The van der Waals surface area contributed by atoms with Crippen LogP contribution in [-0.4, -0.2) is 31.8 Å². The van der Waals surface area contributed by atoms with Crippen LogP contribution < -0.4 is 4.74 Å². The Hall–Kier alpha value is -1.63. The smallest absolute Gasteiger partial charge is 0.415 e. The summed E-state index contributed by atoms with van der Waals surface area (Å²) in [6.07, 6.45) is 1.95. The summed E-state index contributed by atoms with van der Waals surface area (Å²) in [6.45, 7) is 2.16. The molecule has 0 unspecified atom stereocenters.